The molecule has 0 unspecified atom stereocenters. The van der Waals surface area contributed by atoms with E-state index >= 15 is 0 Å². The summed E-state index contributed by atoms with van der Waals surface area (Å²) in [7, 11) is 0. The van der Waals surface area contributed by atoms with Crippen LogP contribution in [0.15, 0.2) is 51.9 Å². The smallest absolute Gasteiger partial charge is 0.0529 e. The molecule has 1 aliphatic rings. The first-order valence-corrected chi connectivity index (χ1v) is 5.55. The molecule has 1 heterocycles. The summed E-state index contributed by atoms with van der Waals surface area (Å²) in [6.07, 6.45) is 8.38. The van der Waals surface area contributed by atoms with Gasteiger partial charge in [-0.3, -0.25) is 0 Å². The summed E-state index contributed by atoms with van der Waals surface area (Å²) in [6.45, 7) is 0. The summed E-state index contributed by atoms with van der Waals surface area (Å²) in [6, 6.07) is 8.24. The number of fused-ring (bicyclic) bond motifs is 1. The largest absolute Gasteiger partial charge is 0.405 e. The average Bonchev–Trinajstić information content (AvgIpc) is 2.49. The number of benzene rings is 1. The zero-order valence-electron chi connectivity index (χ0n) is 8.26. The third-order valence-corrected chi connectivity index (χ3v) is 2.99. The Bertz CT molecular complexity index is 433. The molecule has 0 bridgehead atoms. The molecule has 0 saturated heterocycles. The summed E-state index contributed by atoms with van der Waals surface area (Å²) in [5, 5.41) is 0. The second-order valence-electron chi connectivity index (χ2n) is 3.18. The van der Waals surface area contributed by atoms with Gasteiger partial charge in [-0.2, -0.15) is 0 Å². The van der Waals surface area contributed by atoms with Crippen LogP contribution in [0, 0.1) is 0 Å². The number of nitrogens with two attached hydrogens (primary N) is 1. The molecule has 0 aromatic heterocycles. The van der Waals surface area contributed by atoms with Gasteiger partial charge in [-0.25, -0.2) is 4.40 Å². The molecule has 2 N–H and O–H groups in total. The van der Waals surface area contributed by atoms with Crippen LogP contribution in [0.3, 0.4) is 0 Å². The van der Waals surface area contributed by atoms with Crippen LogP contribution in [0.1, 0.15) is 12.0 Å². The Hall–Kier alpha value is -1.48. The van der Waals surface area contributed by atoms with Crippen LogP contribution in [0.5, 0.6) is 0 Å². The summed E-state index contributed by atoms with van der Waals surface area (Å²) in [5.41, 5.74) is 7.56. The first-order valence-electron chi connectivity index (χ1n) is 4.78. The molecule has 2 nitrogen and oxygen atoms in total. The maximum absolute atomic E-state index is 5.30. The molecule has 0 radical (unpaired) electrons. The first kappa shape index (κ1) is 10.1. The third-order valence-electron chi connectivity index (χ3n) is 2.10. The van der Waals surface area contributed by atoms with Crippen LogP contribution in [0.4, 0.5) is 0 Å². The molecule has 1 aromatic rings. The van der Waals surface area contributed by atoms with Gasteiger partial charge in [0.05, 0.1) is 5.71 Å². The van der Waals surface area contributed by atoms with Crippen molar-refractivity contribution in [2.45, 2.75) is 11.3 Å². The lowest BCUT2D eigenvalue weighted by atomic mass is 10.1. The lowest BCUT2D eigenvalue weighted by Gasteiger charge is -1.97. The van der Waals surface area contributed by atoms with Gasteiger partial charge in [-0.1, -0.05) is 30.4 Å². The predicted octanol–water partition coefficient (Wildman–Crippen LogP) is 3.02. The highest BCUT2D eigenvalue weighted by atomic mass is 32.2. The predicted molar refractivity (Wildman–Crippen MR) is 66.7 cm³/mol. The molecule has 0 aliphatic carbocycles. The fourth-order valence-electron chi connectivity index (χ4n) is 1.32. The van der Waals surface area contributed by atoms with Gasteiger partial charge >= 0.3 is 0 Å². The van der Waals surface area contributed by atoms with Crippen LogP contribution in [0.25, 0.3) is 6.08 Å². The summed E-state index contributed by atoms with van der Waals surface area (Å²) in [4.78, 5) is 1.19. The second kappa shape index (κ2) is 4.84. The van der Waals surface area contributed by atoms with E-state index in [1.807, 2.05) is 24.3 Å². The minimum absolute atomic E-state index is 0.786. The Balaban J connectivity index is 2.22. The van der Waals surface area contributed by atoms with Crippen molar-refractivity contribution in [1.82, 2.24) is 0 Å². The van der Waals surface area contributed by atoms with Gasteiger partial charge in [0.2, 0.25) is 0 Å². The number of allylic oxidation sites excluding steroid dienone is 2. The molecule has 15 heavy (non-hydrogen) atoms. The van der Waals surface area contributed by atoms with Crippen LogP contribution in [-0.2, 0) is 0 Å². The molecule has 76 valence electrons. The van der Waals surface area contributed by atoms with Crippen molar-refractivity contribution >= 4 is 23.7 Å². The van der Waals surface area contributed by atoms with E-state index in [-0.39, 0.29) is 0 Å². The minimum atomic E-state index is 0.786. The van der Waals surface area contributed by atoms with Gasteiger partial charge in [0.25, 0.3) is 0 Å². The molecular formula is C12H12N2S. The molecule has 1 aliphatic heterocycles. The summed E-state index contributed by atoms with van der Waals surface area (Å²) < 4.78 is 4.44. The Morgan fingerprint density at radius 1 is 1.27 bits per heavy atom. The highest BCUT2D eigenvalue weighted by Gasteiger charge is 2.03. The molecule has 3 heteroatoms. The van der Waals surface area contributed by atoms with E-state index in [9.17, 15) is 0 Å². The number of rotatable bonds is 2. The quantitative estimate of drug-likeness (QED) is 0.772. The summed E-state index contributed by atoms with van der Waals surface area (Å²) in [5.74, 6) is 0. The highest BCUT2D eigenvalue weighted by Crippen LogP contribution is 2.27. The van der Waals surface area contributed by atoms with Gasteiger partial charge in [0, 0.05) is 23.3 Å². The first-order chi connectivity index (χ1) is 7.40. The van der Waals surface area contributed by atoms with Crippen LogP contribution < -0.4 is 5.73 Å². The number of hydrogen-bond acceptors (Lipinski definition) is 3. The second-order valence-corrected chi connectivity index (χ2v) is 3.98. The zero-order valence-corrected chi connectivity index (χ0v) is 9.08. The standard InChI is InChI=1S/C12H12N2S/c13-9-3-5-11-8-7-10-4-1-2-6-12(10)15-14-11/h1-4,6-9H,5,13H2. The Labute approximate surface area is 93.7 Å². The molecule has 2 rings (SSSR count). The van der Waals surface area contributed by atoms with Gasteiger partial charge in [-0.15, -0.1) is 0 Å². The van der Waals surface area contributed by atoms with E-state index in [4.69, 9.17) is 5.73 Å². The molecule has 0 atom stereocenters. The highest BCUT2D eigenvalue weighted by molar-refractivity contribution is 7.98. The lowest BCUT2D eigenvalue weighted by Crippen LogP contribution is -1.89. The van der Waals surface area contributed by atoms with Crippen LogP contribution in [-0.4, -0.2) is 5.71 Å². The van der Waals surface area contributed by atoms with Crippen molar-refractivity contribution in [2.75, 3.05) is 0 Å². The van der Waals surface area contributed by atoms with Gasteiger partial charge < -0.3 is 5.73 Å². The van der Waals surface area contributed by atoms with E-state index in [0.29, 0.717) is 0 Å². The maximum atomic E-state index is 5.30. The fraction of sp³-hybridized carbons (Fsp3) is 0.0833. The van der Waals surface area contributed by atoms with E-state index in [2.05, 4.69) is 22.6 Å². The number of hydrogen-bond donors (Lipinski definition) is 1. The van der Waals surface area contributed by atoms with Crippen molar-refractivity contribution in [3.63, 3.8) is 0 Å². The zero-order chi connectivity index (χ0) is 10.5. The van der Waals surface area contributed by atoms with E-state index < -0.39 is 0 Å². The molecule has 0 spiro atoms. The van der Waals surface area contributed by atoms with Crippen molar-refractivity contribution in [3.05, 3.63) is 48.2 Å². The normalized spacial score (nSPS) is 14.8. The van der Waals surface area contributed by atoms with Gasteiger partial charge in [0.15, 0.2) is 0 Å². The Kier molecular flexibility index (Phi) is 3.25. The monoisotopic (exact) mass is 216 g/mol. The van der Waals surface area contributed by atoms with Crippen molar-refractivity contribution in [1.29, 1.82) is 0 Å². The molecule has 1 aromatic carbocycles. The van der Waals surface area contributed by atoms with Gasteiger partial charge in [-0.05, 0) is 23.9 Å². The SMILES string of the molecule is NC=CCC1=NSc2ccccc2C=C1. The molecule has 0 saturated carbocycles. The summed E-state index contributed by atoms with van der Waals surface area (Å²) >= 11 is 1.52. The maximum Gasteiger partial charge on any atom is 0.0529 e. The van der Waals surface area contributed by atoms with Crippen LogP contribution >= 0.6 is 11.9 Å². The third kappa shape index (κ3) is 2.50. The molecule has 0 fully saturated rings. The fourth-order valence-corrected chi connectivity index (χ4v) is 2.05. The molecular weight excluding hydrogens is 204 g/mol. The van der Waals surface area contributed by atoms with Crippen molar-refractivity contribution in [3.8, 4) is 0 Å². The topological polar surface area (TPSA) is 38.4 Å². The minimum Gasteiger partial charge on any atom is -0.405 e. The van der Waals surface area contributed by atoms with Crippen molar-refractivity contribution < 1.29 is 0 Å². The van der Waals surface area contributed by atoms with Gasteiger partial charge in [0.1, 0.15) is 0 Å². The van der Waals surface area contributed by atoms with Crippen LogP contribution in [0.2, 0.25) is 0 Å². The van der Waals surface area contributed by atoms with E-state index in [1.54, 1.807) is 6.20 Å². The Morgan fingerprint density at radius 2 is 2.13 bits per heavy atom. The number of nitrogens with zero attached hydrogens (tertiary/aromatic N) is 1. The average molecular weight is 216 g/mol. The van der Waals surface area contributed by atoms with E-state index in [1.165, 1.54) is 22.4 Å². The van der Waals surface area contributed by atoms with E-state index in [0.717, 1.165) is 12.1 Å². The van der Waals surface area contributed by atoms with Crippen molar-refractivity contribution in [2.24, 2.45) is 10.1 Å². The lowest BCUT2D eigenvalue weighted by molar-refractivity contribution is 1.42. The Morgan fingerprint density at radius 3 is 3.00 bits per heavy atom. The molecule has 0 amide bonds.